The predicted molar refractivity (Wildman–Crippen MR) is 27.8 cm³/mol. The summed E-state index contributed by atoms with van der Waals surface area (Å²) >= 11 is 1.52. The molecular weight excluding hydrogens is 80.1 g/mol. The van der Waals surface area contributed by atoms with E-state index in [1.807, 2.05) is 6.92 Å². The van der Waals surface area contributed by atoms with Crippen LogP contribution in [0.2, 0.25) is 0 Å². The van der Waals surface area contributed by atoms with Gasteiger partial charge in [0, 0.05) is 11.5 Å². The molecule has 0 aliphatic heterocycles. The van der Waals surface area contributed by atoms with E-state index in [2.05, 4.69) is 13.2 Å². The third-order valence-corrected chi connectivity index (χ3v) is 0.854. The summed E-state index contributed by atoms with van der Waals surface area (Å²) in [4.78, 5) is 0. The number of thioether (sulfide) groups is 1. The third kappa shape index (κ3) is 4.35. The molecule has 0 heterocycles. The minimum atomic E-state index is 0.440. The van der Waals surface area contributed by atoms with E-state index < -0.39 is 0 Å². The van der Waals surface area contributed by atoms with Crippen molar-refractivity contribution in [3.8, 4) is 0 Å². The Kier molecular flexibility index (Phi) is 2.76. The number of rotatable bonds is 1. The van der Waals surface area contributed by atoms with Crippen LogP contribution in [-0.2, 0) is 0 Å². The molecule has 0 saturated heterocycles. The van der Waals surface area contributed by atoms with Crippen molar-refractivity contribution in [2.45, 2.75) is 12.2 Å². The Morgan fingerprint density at radius 3 is 2.00 bits per heavy atom. The zero-order valence-electron chi connectivity index (χ0n) is 3.40. The van der Waals surface area contributed by atoms with Gasteiger partial charge in [-0.15, -0.1) is 0 Å². The summed E-state index contributed by atoms with van der Waals surface area (Å²) in [6.45, 7) is 5.67. The quantitative estimate of drug-likeness (QED) is 0.470. The van der Waals surface area contributed by atoms with Gasteiger partial charge >= 0.3 is 0 Å². The van der Waals surface area contributed by atoms with Crippen LogP contribution in [0.25, 0.3) is 0 Å². The molecule has 5 heavy (non-hydrogen) atoms. The van der Waals surface area contributed by atoms with Gasteiger partial charge in [-0.25, -0.2) is 0 Å². The van der Waals surface area contributed by atoms with Crippen LogP contribution in [0.1, 0.15) is 6.92 Å². The second kappa shape index (κ2) is 2.58. The van der Waals surface area contributed by atoms with Gasteiger partial charge in [-0.05, 0) is 6.92 Å². The molecule has 0 amide bonds. The molecule has 0 aromatic heterocycles. The first-order valence-electron chi connectivity index (χ1n) is 1.51. The highest BCUT2D eigenvalue weighted by Gasteiger charge is 1.80. The summed E-state index contributed by atoms with van der Waals surface area (Å²) in [5.41, 5.74) is 0. The first kappa shape index (κ1) is 5.35. The zero-order valence-corrected chi connectivity index (χ0v) is 4.22. The average Bonchev–Trinajstić information content (AvgIpc) is 1.38. The van der Waals surface area contributed by atoms with Gasteiger partial charge in [-0.1, -0.05) is 6.92 Å². The van der Waals surface area contributed by atoms with Gasteiger partial charge in [0.25, 0.3) is 0 Å². The van der Waals surface area contributed by atoms with Gasteiger partial charge in [-0.2, -0.15) is 11.8 Å². The Balaban J connectivity index is 2.54. The zero-order chi connectivity index (χ0) is 4.28. The molecule has 0 rings (SSSR count). The van der Waals surface area contributed by atoms with Crippen LogP contribution in [0, 0.1) is 13.2 Å². The molecule has 0 aromatic carbocycles. The predicted octanol–water partition coefficient (Wildman–Crippen LogP) is 1.73. The van der Waals surface area contributed by atoms with E-state index in [0.717, 1.165) is 0 Å². The van der Waals surface area contributed by atoms with Crippen molar-refractivity contribution in [3.63, 3.8) is 0 Å². The molecule has 0 aliphatic carbocycles. The molecule has 0 saturated carbocycles. The van der Waals surface area contributed by atoms with Gasteiger partial charge in [0.05, 0.1) is 0 Å². The van der Waals surface area contributed by atoms with Crippen molar-refractivity contribution in [1.82, 2.24) is 0 Å². The van der Waals surface area contributed by atoms with Crippen LogP contribution in [-0.4, -0.2) is 5.25 Å². The Bertz CT molecular complexity index is 17.6. The second-order valence-electron chi connectivity index (χ2n) is 0.977. The highest BCUT2D eigenvalue weighted by atomic mass is 32.2. The van der Waals surface area contributed by atoms with Crippen LogP contribution in [0.3, 0.4) is 0 Å². The SMILES string of the molecule is [CH2]SC([CH2])C. The summed E-state index contributed by atoms with van der Waals surface area (Å²) in [6, 6.07) is 0. The summed E-state index contributed by atoms with van der Waals surface area (Å²) in [5, 5.41) is 0.440. The monoisotopic (exact) mass is 88.0 g/mol. The van der Waals surface area contributed by atoms with E-state index in [4.69, 9.17) is 0 Å². The standard InChI is InChI=1S/C4H8S/c1-4(2)5-3/h4H,1,3H2,2H3. The lowest BCUT2D eigenvalue weighted by Gasteiger charge is -1.90. The maximum Gasteiger partial charge on any atom is 0.00263 e. The fourth-order valence-corrected chi connectivity index (χ4v) is 0. The van der Waals surface area contributed by atoms with Gasteiger partial charge in [0.1, 0.15) is 0 Å². The van der Waals surface area contributed by atoms with E-state index in [0.29, 0.717) is 5.25 Å². The van der Waals surface area contributed by atoms with Crippen molar-refractivity contribution in [2.24, 2.45) is 0 Å². The highest BCUT2D eigenvalue weighted by molar-refractivity contribution is 8.01. The summed E-state index contributed by atoms with van der Waals surface area (Å²) < 4.78 is 0. The molecule has 0 aromatic rings. The van der Waals surface area contributed by atoms with Gasteiger partial charge in [0.15, 0.2) is 0 Å². The van der Waals surface area contributed by atoms with Crippen molar-refractivity contribution in [2.75, 3.05) is 0 Å². The lowest BCUT2D eigenvalue weighted by Crippen LogP contribution is -1.78. The summed E-state index contributed by atoms with van der Waals surface area (Å²) in [5.74, 6) is 0. The fraction of sp³-hybridized carbons (Fsp3) is 0.500. The number of hydrogen-bond acceptors (Lipinski definition) is 1. The normalized spacial score (nSPS) is 9.60. The molecule has 1 heteroatoms. The molecule has 2 radical (unpaired) electrons. The molecule has 1 unspecified atom stereocenters. The Hall–Kier alpha value is 0.350. The fourth-order valence-electron chi connectivity index (χ4n) is 0. The molecule has 0 spiro atoms. The van der Waals surface area contributed by atoms with Gasteiger partial charge in [-0.3, -0.25) is 0 Å². The minimum absolute atomic E-state index is 0.440. The highest BCUT2D eigenvalue weighted by Crippen LogP contribution is 2.02. The smallest absolute Gasteiger partial charge is 0.00263 e. The van der Waals surface area contributed by atoms with E-state index in [1.54, 1.807) is 0 Å². The lowest BCUT2D eigenvalue weighted by molar-refractivity contribution is 1.26. The number of hydrogen-bond donors (Lipinski definition) is 0. The Labute approximate surface area is 38.0 Å². The summed E-state index contributed by atoms with van der Waals surface area (Å²) in [7, 11) is 0. The van der Waals surface area contributed by atoms with E-state index >= 15 is 0 Å². The molecule has 0 N–H and O–H groups in total. The largest absolute Gasteiger partial charge is 0.158 e. The maximum atomic E-state index is 3.66. The van der Waals surface area contributed by atoms with E-state index in [1.165, 1.54) is 11.8 Å². The summed E-state index contributed by atoms with van der Waals surface area (Å²) in [6.07, 6.45) is 3.54. The topological polar surface area (TPSA) is 0 Å². The van der Waals surface area contributed by atoms with Gasteiger partial charge < -0.3 is 0 Å². The maximum absolute atomic E-state index is 3.66. The molecule has 30 valence electrons. The minimum Gasteiger partial charge on any atom is -0.158 e. The van der Waals surface area contributed by atoms with E-state index in [-0.39, 0.29) is 0 Å². The molecule has 1 atom stereocenters. The Morgan fingerprint density at radius 1 is 1.80 bits per heavy atom. The lowest BCUT2D eigenvalue weighted by atomic mass is 10.6. The van der Waals surface area contributed by atoms with E-state index in [9.17, 15) is 0 Å². The first-order valence-corrected chi connectivity index (χ1v) is 2.56. The van der Waals surface area contributed by atoms with Crippen molar-refractivity contribution < 1.29 is 0 Å². The molecular formula is C4H8S. The molecule has 0 bridgehead atoms. The van der Waals surface area contributed by atoms with Crippen LogP contribution < -0.4 is 0 Å². The van der Waals surface area contributed by atoms with Crippen molar-refractivity contribution >= 4 is 11.8 Å². The third-order valence-electron chi connectivity index (χ3n) is 0.285. The van der Waals surface area contributed by atoms with Crippen LogP contribution >= 0.6 is 11.8 Å². The molecule has 0 aliphatic rings. The molecule has 0 nitrogen and oxygen atoms in total. The first-order chi connectivity index (χ1) is 2.27. The van der Waals surface area contributed by atoms with Crippen molar-refractivity contribution in [1.29, 1.82) is 0 Å². The average molecular weight is 88.2 g/mol. The molecule has 0 fully saturated rings. The van der Waals surface area contributed by atoms with Gasteiger partial charge in [0.2, 0.25) is 0 Å². The van der Waals surface area contributed by atoms with Crippen LogP contribution in [0.4, 0.5) is 0 Å². The second-order valence-corrected chi connectivity index (χ2v) is 2.12. The van der Waals surface area contributed by atoms with Crippen LogP contribution in [0.5, 0.6) is 0 Å². The Morgan fingerprint density at radius 2 is 2.00 bits per heavy atom. The van der Waals surface area contributed by atoms with Crippen LogP contribution in [0.15, 0.2) is 0 Å². The van der Waals surface area contributed by atoms with Crippen molar-refractivity contribution in [3.05, 3.63) is 13.2 Å².